The number of sulfonamides is 1. The van der Waals surface area contributed by atoms with Crippen molar-refractivity contribution in [2.24, 2.45) is 0 Å². The maximum atomic E-state index is 14.8. The number of ether oxygens (including phenoxy) is 6. The van der Waals surface area contributed by atoms with Crippen LogP contribution in [0.25, 0.3) is 11.6 Å². The van der Waals surface area contributed by atoms with Gasteiger partial charge in [0, 0.05) is 18.8 Å². The zero-order chi connectivity index (χ0) is 44.4. The van der Waals surface area contributed by atoms with Crippen molar-refractivity contribution < 1.29 is 66.3 Å². The van der Waals surface area contributed by atoms with E-state index in [9.17, 15) is 38.2 Å². The van der Waals surface area contributed by atoms with Crippen LogP contribution >= 0.6 is 0 Å². The van der Waals surface area contributed by atoms with Crippen molar-refractivity contribution in [3.05, 3.63) is 92.8 Å². The predicted molar refractivity (Wildman–Crippen MR) is 209 cm³/mol. The molecule has 0 saturated carbocycles. The Hall–Kier alpha value is -7.11. The monoisotopic (exact) mass is 873 g/mol. The molecule has 0 aliphatic heterocycles. The van der Waals surface area contributed by atoms with Gasteiger partial charge in [0.25, 0.3) is 26.1 Å². The minimum absolute atomic E-state index is 0.00500. The second-order valence-electron chi connectivity index (χ2n) is 13.3. The summed E-state index contributed by atoms with van der Waals surface area (Å²) in [6.07, 6.45) is 1.59. The lowest BCUT2D eigenvalue weighted by atomic mass is 9.87. The van der Waals surface area contributed by atoms with Gasteiger partial charge in [0.05, 0.1) is 31.8 Å². The molecule has 4 aromatic rings. The molecule has 2 heterocycles. The van der Waals surface area contributed by atoms with Gasteiger partial charge >= 0.3 is 12.1 Å². The van der Waals surface area contributed by atoms with E-state index in [-0.39, 0.29) is 92.2 Å². The number of anilines is 1. The molecule has 0 fully saturated rings. The molecule has 0 bridgehead atoms. The number of carbonyl (C=O) groups is 2. The number of nitrogens with zero attached hydrogens (tertiary/aromatic N) is 7. The summed E-state index contributed by atoms with van der Waals surface area (Å²) < 4.78 is 63.5. The number of unbranched alkanes of at least 4 members (excludes halogenated alkanes) is 1. The molecule has 0 radical (unpaired) electrons. The Morgan fingerprint density at radius 1 is 0.754 bits per heavy atom. The second kappa shape index (κ2) is 22.3. The molecular weight excluding hydrogens is 831 g/mol. The number of carbonyl (C=O) groups excluding carboxylic acids is 2. The molecule has 0 unspecified atom stereocenters. The van der Waals surface area contributed by atoms with Crippen LogP contribution < -0.4 is 18.5 Å². The van der Waals surface area contributed by atoms with Crippen LogP contribution in [0, 0.1) is 20.2 Å². The first-order valence-electron chi connectivity index (χ1n) is 18.4. The van der Waals surface area contributed by atoms with E-state index in [4.69, 9.17) is 28.4 Å². The number of rotatable bonds is 24. The van der Waals surface area contributed by atoms with Crippen molar-refractivity contribution >= 4 is 28.0 Å². The van der Waals surface area contributed by atoms with E-state index in [0.717, 1.165) is 5.56 Å². The van der Waals surface area contributed by atoms with Gasteiger partial charge < -0.3 is 38.1 Å². The maximum absolute atomic E-state index is 14.8. The largest absolute Gasteiger partial charge is 0.510 e. The SMILES string of the molecule is COc1ccccc1Oc1c(OCCOC(=O)CCCO[N+](=O)[O-])nc(-c2ncccn2)nc1N(COC(=O)OCCCCO[N+](=O)[O-])S(=O)(=O)c1ccc(C(C)(C)C)cc1. The summed E-state index contributed by atoms with van der Waals surface area (Å²) in [5.41, 5.74) is 0.470. The highest BCUT2D eigenvalue weighted by molar-refractivity contribution is 7.92. The number of methoxy groups -OCH3 is 1. The zero-order valence-electron chi connectivity index (χ0n) is 33.5. The number of para-hydroxylation sites is 2. The first-order valence-corrected chi connectivity index (χ1v) is 19.8. The molecular formula is C37H43N7O16S. The van der Waals surface area contributed by atoms with Crippen LogP contribution in [0.4, 0.5) is 10.6 Å². The molecule has 24 heteroatoms. The fourth-order valence-electron chi connectivity index (χ4n) is 4.97. The molecule has 23 nitrogen and oxygen atoms in total. The van der Waals surface area contributed by atoms with Gasteiger partial charge in [-0.25, -0.2) is 32.5 Å². The summed E-state index contributed by atoms with van der Waals surface area (Å²) in [5.74, 6) is -2.22. The summed E-state index contributed by atoms with van der Waals surface area (Å²) in [7, 11) is -3.38. The standard InChI is InChI=1S/C37H43N7O16S/c1-37(2,3)26-14-16-27(17-15-26)61(51,52)42(25-57-36(46)56-20-7-8-21-58-43(47)48)34-31(60-29-12-6-5-11-28(29)53-4)35(41-33(40-34)32-38-18-10-19-39-32)55-24-23-54-30(45)13-9-22-59-44(49)50/h5-6,10-12,14-19H,7-9,13,20-25H2,1-4H3. The third kappa shape index (κ3) is 14.3. The van der Waals surface area contributed by atoms with Gasteiger partial charge in [-0.3, -0.25) is 4.79 Å². The van der Waals surface area contributed by atoms with Gasteiger partial charge in [0.1, 0.15) is 13.2 Å². The molecule has 0 aliphatic carbocycles. The van der Waals surface area contributed by atoms with Crippen LogP contribution in [-0.2, 0) is 44.1 Å². The summed E-state index contributed by atoms with van der Waals surface area (Å²) in [4.78, 5) is 71.6. The highest BCUT2D eigenvalue weighted by Crippen LogP contribution is 2.43. The predicted octanol–water partition coefficient (Wildman–Crippen LogP) is 5.24. The fraction of sp³-hybridized carbons (Fsp3) is 0.405. The van der Waals surface area contributed by atoms with Gasteiger partial charge in [-0.1, -0.05) is 45.0 Å². The van der Waals surface area contributed by atoms with E-state index in [1.807, 2.05) is 20.8 Å². The zero-order valence-corrected chi connectivity index (χ0v) is 34.3. The number of esters is 1. The first-order chi connectivity index (χ1) is 29.1. The van der Waals surface area contributed by atoms with Crippen LogP contribution in [0.3, 0.4) is 0 Å². The molecule has 0 spiro atoms. The number of benzene rings is 2. The topological polar surface area (TPSA) is 283 Å². The average molecular weight is 874 g/mol. The third-order valence-corrected chi connectivity index (χ3v) is 9.70. The molecule has 0 saturated heterocycles. The fourth-order valence-corrected chi connectivity index (χ4v) is 6.25. The van der Waals surface area contributed by atoms with Gasteiger partial charge in [-0.2, -0.15) is 4.98 Å². The normalized spacial score (nSPS) is 11.1. The lowest BCUT2D eigenvalue weighted by Crippen LogP contribution is -2.36. The van der Waals surface area contributed by atoms with Crippen molar-refractivity contribution in [3.8, 4) is 34.8 Å². The molecule has 0 aliphatic rings. The minimum atomic E-state index is -4.75. The van der Waals surface area contributed by atoms with Crippen LogP contribution in [0.1, 0.15) is 52.0 Å². The summed E-state index contributed by atoms with van der Waals surface area (Å²) in [5, 5.41) is 18.9. The molecule has 0 N–H and O–H groups in total. The Morgan fingerprint density at radius 2 is 1.39 bits per heavy atom. The number of hydrogen-bond donors (Lipinski definition) is 0. The van der Waals surface area contributed by atoms with E-state index in [0.29, 0.717) is 4.31 Å². The molecule has 0 atom stereocenters. The van der Waals surface area contributed by atoms with E-state index < -0.39 is 56.5 Å². The van der Waals surface area contributed by atoms with Crippen LogP contribution in [0.2, 0.25) is 0 Å². The summed E-state index contributed by atoms with van der Waals surface area (Å²) >= 11 is 0. The molecule has 328 valence electrons. The number of hydrogen-bond acceptors (Lipinski definition) is 20. The van der Waals surface area contributed by atoms with Crippen molar-refractivity contribution in [1.82, 2.24) is 19.9 Å². The lowest BCUT2D eigenvalue weighted by Gasteiger charge is -2.26. The average Bonchev–Trinajstić information content (AvgIpc) is 3.23. The van der Waals surface area contributed by atoms with Crippen LogP contribution in [-0.4, -0.2) is 97.5 Å². The van der Waals surface area contributed by atoms with E-state index in [2.05, 4.69) is 29.6 Å². The maximum Gasteiger partial charge on any atom is 0.510 e. The van der Waals surface area contributed by atoms with Gasteiger partial charge in [0.2, 0.25) is 11.6 Å². The first kappa shape index (κ1) is 46.6. The Balaban J connectivity index is 1.81. The molecule has 2 aromatic heterocycles. The van der Waals surface area contributed by atoms with Crippen molar-refractivity contribution in [2.75, 3.05) is 51.2 Å². The highest BCUT2D eigenvalue weighted by Gasteiger charge is 2.35. The molecule has 61 heavy (non-hydrogen) atoms. The Bertz CT molecular complexity index is 2210. The van der Waals surface area contributed by atoms with Crippen molar-refractivity contribution in [1.29, 1.82) is 0 Å². The van der Waals surface area contributed by atoms with E-state index >= 15 is 0 Å². The van der Waals surface area contributed by atoms with Gasteiger partial charge in [-0.05, 0) is 60.6 Å². The van der Waals surface area contributed by atoms with Crippen molar-refractivity contribution in [3.63, 3.8) is 0 Å². The third-order valence-electron chi connectivity index (χ3n) is 7.97. The molecule has 0 amide bonds. The van der Waals surface area contributed by atoms with E-state index in [1.54, 1.807) is 30.3 Å². The minimum Gasteiger partial charge on any atom is -0.493 e. The van der Waals surface area contributed by atoms with Gasteiger partial charge in [0.15, 0.2) is 29.9 Å². The molecule has 4 rings (SSSR count). The molecule has 2 aromatic carbocycles. The van der Waals surface area contributed by atoms with Crippen molar-refractivity contribution in [2.45, 2.75) is 56.8 Å². The summed E-state index contributed by atoms with van der Waals surface area (Å²) in [6.45, 7) is 3.23. The Kier molecular flexibility index (Phi) is 17.0. The quantitative estimate of drug-likeness (QED) is 0.0286. The Labute approximate surface area is 349 Å². The summed E-state index contributed by atoms with van der Waals surface area (Å²) in [6, 6.07) is 13.8. The van der Waals surface area contributed by atoms with Gasteiger partial charge in [-0.15, -0.1) is 20.2 Å². The van der Waals surface area contributed by atoms with Crippen LogP contribution in [0.5, 0.6) is 23.1 Å². The lowest BCUT2D eigenvalue weighted by molar-refractivity contribution is -0.757. The second-order valence-corrected chi connectivity index (χ2v) is 15.2. The smallest absolute Gasteiger partial charge is 0.493 e. The Morgan fingerprint density at radius 3 is 2.03 bits per heavy atom. The van der Waals surface area contributed by atoms with E-state index in [1.165, 1.54) is 43.8 Å². The highest BCUT2D eigenvalue weighted by atomic mass is 32.2. The number of aromatic nitrogens is 4. The van der Waals surface area contributed by atoms with Crippen LogP contribution in [0.15, 0.2) is 71.9 Å².